The zero-order valence-corrected chi connectivity index (χ0v) is 25.6. The number of nitrogens with one attached hydrogen (secondary N) is 2. The van der Waals surface area contributed by atoms with Crippen LogP contribution in [0.3, 0.4) is 0 Å². The summed E-state index contributed by atoms with van der Waals surface area (Å²) in [6.45, 7) is 3.85. The number of rotatable bonds is 12. The first-order valence-electron chi connectivity index (χ1n) is 14.5. The molecule has 0 aliphatic carbocycles. The predicted molar refractivity (Wildman–Crippen MR) is 161 cm³/mol. The number of benzene rings is 2. The second-order valence-electron chi connectivity index (χ2n) is 10.6. The van der Waals surface area contributed by atoms with Crippen LogP contribution in [0.4, 0.5) is 0 Å². The van der Waals surface area contributed by atoms with Gasteiger partial charge in [-0.2, -0.15) is 5.01 Å². The van der Waals surface area contributed by atoms with E-state index in [1.165, 1.54) is 30.5 Å². The summed E-state index contributed by atoms with van der Waals surface area (Å²) in [5.41, 5.74) is -2.36. The fourth-order valence-corrected chi connectivity index (χ4v) is 7.82. The fraction of sp³-hybridized carbons (Fsp3) is 0.419. The third kappa shape index (κ3) is 5.56. The summed E-state index contributed by atoms with van der Waals surface area (Å²) in [5.74, 6) is -2.38. The van der Waals surface area contributed by atoms with Crippen LogP contribution in [0.25, 0.3) is 11.3 Å². The number of amides is 2. The fourth-order valence-electron chi connectivity index (χ4n) is 6.48. The Balaban J connectivity index is 1.97. The standard InChI is InChI=1S/C31H39N5O6S/c1-4-12-27(37)35-19-18-30(29(39)40,17-11-20-43(41,42)23-13-7-6-8-14-23)31(28(38)32-3,36(35)5-2)25-16-10-9-15-24(25)26-21-33-22-34-26/h6-10,13-16,21-22H,4-5,11-12,17-20H2,1-3H3,(H,32,38)(H,33,34)(H,39,40)/t30-,31-/m1/s1. The van der Waals surface area contributed by atoms with Crippen molar-refractivity contribution < 1.29 is 27.9 Å². The number of imidazole rings is 1. The molecule has 4 rings (SSSR count). The smallest absolute Gasteiger partial charge is 0.312 e. The number of likely N-dealkylation sites (N-methyl/N-ethyl adjacent to an activating group) is 2. The summed E-state index contributed by atoms with van der Waals surface area (Å²) >= 11 is 0. The van der Waals surface area contributed by atoms with E-state index in [2.05, 4.69) is 15.3 Å². The lowest BCUT2D eigenvalue weighted by atomic mass is 9.58. The number of carboxylic acids is 1. The van der Waals surface area contributed by atoms with Crippen molar-refractivity contribution in [2.45, 2.75) is 56.4 Å². The quantitative estimate of drug-likeness (QED) is 0.282. The molecular formula is C31H39N5O6S. The molecule has 1 aliphatic rings. The van der Waals surface area contributed by atoms with Crippen LogP contribution >= 0.6 is 0 Å². The first-order chi connectivity index (χ1) is 20.6. The van der Waals surface area contributed by atoms with Crippen LogP contribution in [0, 0.1) is 5.41 Å². The number of aliphatic carboxylic acids is 1. The van der Waals surface area contributed by atoms with Crippen molar-refractivity contribution >= 4 is 27.6 Å². The number of aromatic nitrogens is 2. The minimum atomic E-state index is -3.72. The molecule has 11 nitrogen and oxygen atoms in total. The van der Waals surface area contributed by atoms with Crippen molar-refractivity contribution in [2.24, 2.45) is 5.41 Å². The highest BCUT2D eigenvalue weighted by atomic mass is 32.2. The number of hydrazine groups is 1. The lowest BCUT2D eigenvalue weighted by molar-refractivity contribution is -0.221. The highest BCUT2D eigenvalue weighted by molar-refractivity contribution is 7.91. The van der Waals surface area contributed by atoms with Crippen LogP contribution in [-0.4, -0.2) is 77.2 Å². The van der Waals surface area contributed by atoms with Crippen molar-refractivity contribution in [1.82, 2.24) is 25.3 Å². The summed E-state index contributed by atoms with van der Waals surface area (Å²) in [7, 11) is -2.28. The monoisotopic (exact) mass is 609 g/mol. The van der Waals surface area contributed by atoms with E-state index in [1.54, 1.807) is 60.6 Å². The van der Waals surface area contributed by atoms with Gasteiger partial charge in [-0.3, -0.25) is 19.4 Å². The molecule has 0 bridgehead atoms. The molecule has 1 aliphatic heterocycles. The lowest BCUT2D eigenvalue weighted by Gasteiger charge is -2.59. The van der Waals surface area contributed by atoms with E-state index < -0.39 is 32.7 Å². The number of H-pyrrole nitrogens is 1. The number of sulfone groups is 1. The third-order valence-corrected chi connectivity index (χ3v) is 10.2. The Labute approximate surface area is 252 Å². The molecule has 1 aromatic heterocycles. The number of nitrogens with zero attached hydrogens (tertiary/aromatic N) is 3. The maximum Gasteiger partial charge on any atom is 0.312 e. The van der Waals surface area contributed by atoms with Gasteiger partial charge in [0.05, 0.1) is 22.7 Å². The van der Waals surface area contributed by atoms with Gasteiger partial charge < -0.3 is 15.4 Å². The van der Waals surface area contributed by atoms with Gasteiger partial charge in [-0.25, -0.2) is 13.4 Å². The third-order valence-electron chi connectivity index (χ3n) is 8.35. The SMILES string of the molecule is CCCC(=O)N1CC[C@](CCCS(=O)(=O)c2ccccc2)(C(=O)O)[C@](C(=O)NC)(c2ccccc2-c2c[nH]cn2)N1CC. The minimum Gasteiger partial charge on any atom is -0.481 e. The van der Waals surface area contributed by atoms with E-state index in [9.17, 15) is 27.9 Å². The lowest BCUT2D eigenvalue weighted by Crippen LogP contribution is -2.75. The van der Waals surface area contributed by atoms with Crippen molar-refractivity contribution in [2.75, 3.05) is 25.9 Å². The highest BCUT2D eigenvalue weighted by Crippen LogP contribution is 2.56. The largest absolute Gasteiger partial charge is 0.481 e. The van der Waals surface area contributed by atoms with Crippen LogP contribution < -0.4 is 5.32 Å². The van der Waals surface area contributed by atoms with E-state index in [-0.39, 0.29) is 55.3 Å². The van der Waals surface area contributed by atoms with Crippen molar-refractivity contribution in [1.29, 1.82) is 0 Å². The summed E-state index contributed by atoms with van der Waals surface area (Å²) in [6, 6.07) is 15.0. The highest BCUT2D eigenvalue weighted by Gasteiger charge is 2.68. The Morgan fingerprint density at radius 3 is 2.37 bits per heavy atom. The van der Waals surface area contributed by atoms with Crippen LogP contribution in [0.2, 0.25) is 0 Å². The van der Waals surface area contributed by atoms with Gasteiger partial charge in [0.1, 0.15) is 5.41 Å². The van der Waals surface area contributed by atoms with Gasteiger partial charge in [0, 0.05) is 38.3 Å². The Morgan fingerprint density at radius 1 is 1.07 bits per heavy atom. The number of carboxylic acid groups (broad SMARTS) is 1. The van der Waals surface area contributed by atoms with E-state index >= 15 is 0 Å². The Bertz CT molecular complexity index is 1550. The zero-order chi connectivity index (χ0) is 31.3. The summed E-state index contributed by atoms with van der Waals surface area (Å²) in [5, 5.41) is 17.0. The van der Waals surface area contributed by atoms with Gasteiger partial charge in [-0.1, -0.05) is 56.3 Å². The van der Waals surface area contributed by atoms with Gasteiger partial charge in [-0.15, -0.1) is 0 Å². The molecule has 0 spiro atoms. The van der Waals surface area contributed by atoms with Gasteiger partial charge in [-0.05, 0) is 43.4 Å². The average Bonchev–Trinajstić information content (AvgIpc) is 3.55. The number of hydrogen-bond donors (Lipinski definition) is 3. The molecule has 2 aromatic carbocycles. The maximum absolute atomic E-state index is 14.5. The van der Waals surface area contributed by atoms with Gasteiger partial charge in [0.2, 0.25) is 11.8 Å². The molecule has 3 aromatic rings. The first kappa shape index (κ1) is 31.9. The molecule has 0 unspecified atom stereocenters. The van der Waals surface area contributed by atoms with Gasteiger partial charge in [0.15, 0.2) is 15.4 Å². The average molecular weight is 610 g/mol. The number of hydrogen-bond acceptors (Lipinski definition) is 7. The predicted octanol–water partition coefficient (Wildman–Crippen LogP) is 3.61. The Morgan fingerprint density at radius 2 is 1.77 bits per heavy atom. The van der Waals surface area contributed by atoms with E-state index in [0.717, 1.165) is 0 Å². The molecule has 1 fully saturated rings. The van der Waals surface area contributed by atoms with Crippen molar-refractivity contribution in [3.8, 4) is 11.3 Å². The topological polar surface area (TPSA) is 153 Å². The van der Waals surface area contributed by atoms with Crippen LogP contribution in [0.1, 0.15) is 51.5 Å². The van der Waals surface area contributed by atoms with E-state index in [4.69, 9.17) is 0 Å². The first-order valence-corrected chi connectivity index (χ1v) is 16.2. The molecular weight excluding hydrogens is 570 g/mol. The second-order valence-corrected chi connectivity index (χ2v) is 12.8. The summed E-state index contributed by atoms with van der Waals surface area (Å²) in [4.78, 5) is 49.2. The summed E-state index contributed by atoms with van der Waals surface area (Å²) in [6.07, 6.45) is 3.72. The number of carbonyl (C=O) groups excluding carboxylic acids is 2. The molecule has 230 valence electrons. The normalized spacial score (nSPS) is 21.0. The summed E-state index contributed by atoms with van der Waals surface area (Å²) < 4.78 is 26.4. The molecule has 0 saturated carbocycles. The second kappa shape index (κ2) is 13.1. The van der Waals surface area contributed by atoms with Crippen molar-refractivity contribution in [3.05, 3.63) is 72.7 Å². The van der Waals surface area contributed by atoms with Crippen LogP contribution in [-0.2, 0) is 29.8 Å². The molecule has 1 saturated heterocycles. The zero-order valence-electron chi connectivity index (χ0n) is 24.7. The van der Waals surface area contributed by atoms with Crippen molar-refractivity contribution in [3.63, 3.8) is 0 Å². The molecule has 2 atom stereocenters. The van der Waals surface area contributed by atoms with Gasteiger partial charge in [0.25, 0.3) is 0 Å². The molecule has 3 N–H and O–H groups in total. The Kier molecular flexibility index (Phi) is 9.71. The number of aromatic amines is 1. The minimum absolute atomic E-state index is 0.0205. The molecule has 0 radical (unpaired) electrons. The molecule has 2 heterocycles. The van der Waals surface area contributed by atoms with E-state index in [1.807, 2.05) is 6.92 Å². The van der Waals surface area contributed by atoms with Gasteiger partial charge >= 0.3 is 5.97 Å². The van der Waals surface area contributed by atoms with E-state index in [0.29, 0.717) is 23.2 Å². The molecule has 12 heteroatoms. The van der Waals surface area contributed by atoms with Crippen LogP contribution in [0.15, 0.2) is 72.0 Å². The number of carbonyl (C=O) groups is 3. The molecule has 2 amide bonds. The molecule has 43 heavy (non-hydrogen) atoms. The Hall–Kier alpha value is -4.03. The van der Waals surface area contributed by atoms with Crippen LogP contribution in [0.5, 0.6) is 0 Å². The maximum atomic E-state index is 14.5.